The quantitative estimate of drug-likeness (QED) is 0.794. The normalized spacial score (nSPS) is 12.2. The molecule has 1 atom stereocenters. The fraction of sp³-hybridized carbons (Fsp3) is 0.562. The molecule has 0 radical (unpaired) electrons. The summed E-state index contributed by atoms with van der Waals surface area (Å²) in [5, 5.41) is 3.04. The Hall–Kier alpha value is -1.35. The number of carbonyl (C=O) groups excluding carboxylic acids is 1. The Kier molecular flexibility index (Phi) is 6.57. The summed E-state index contributed by atoms with van der Waals surface area (Å²) in [5.74, 6) is 0.517. The number of amides is 1. The molecule has 1 unspecified atom stereocenters. The first-order valence-electron chi connectivity index (χ1n) is 7.14. The minimum Gasteiger partial charge on any atom is -0.352 e. The highest BCUT2D eigenvalue weighted by atomic mass is 16.1. The number of hydrogen-bond donors (Lipinski definition) is 2. The zero-order valence-electron chi connectivity index (χ0n) is 12.3. The van der Waals surface area contributed by atoms with E-state index in [-0.39, 0.29) is 5.91 Å². The summed E-state index contributed by atoms with van der Waals surface area (Å²) < 4.78 is 0. The number of nitrogens with two attached hydrogens (primary N) is 1. The molecule has 3 heteroatoms. The monoisotopic (exact) mass is 262 g/mol. The Morgan fingerprint density at radius 2 is 2.05 bits per heavy atom. The standard InChI is InChI=1S/C16H26N2O/c1-4-6-14(9-10-17)11-18-16(19)15-8-5-7-12(2)13(15)3/h5,7-8,14H,4,6,9-11,17H2,1-3H3,(H,18,19). The van der Waals surface area contributed by atoms with Crippen LogP contribution in [0.4, 0.5) is 0 Å². The van der Waals surface area contributed by atoms with Crippen LogP contribution >= 0.6 is 0 Å². The van der Waals surface area contributed by atoms with Gasteiger partial charge in [-0.15, -0.1) is 0 Å². The molecule has 0 saturated carbocycles. The van der Waals surface area contributed by atoms with Gasteiger partial charge in [0.2, 0.25) is 0 Å². The SMILES string of the molecule is CCCC(CCN)CNC(=O)c1cccc(C)c1C. The van der Waals surface area contributed by atoms with Crippen LogP contribution in [0.2, 0.25) is 0 Å². The van der Waals surface area contributed by atoms with Gasteiger partial charge in [-0.2, -0.15) is 0 Å². The van der Waals surface area contributed by atoms with Crippen molar-refractivity contribution in [2.45, 2.75) is 40.0 Å². The second-order valence-electron chi connectivity index (χ2n) is 5.19. The van der Waals surface area contributed by atoms with E-state index in [0.717, 1.165) is 42.5 Å². The highest BCUT2D eigenvalue weighted by Gasteiger charge is 2.12. The molecule has 3 N–H and O–H groups in total. The zero-order valence-corrected chi connectivity index (χ0v) is 12.3. The van der Waals surface area contributed by atoms with Crippen LogP contribution in [0, 0.1) is 19.8 Å². The van der Waals surface area contributed by atoms with Gasteiger partial charge in [-0.3, -0.25) is 4.79 Å². The van der Waals surface area contributed by atoms with Gasteiger partial charge >= 0.3 is 0 Å². The number of nitrogens with one attached hydrogen (secondary N) is 1. The average Bonchev–Trinajstić information content (AvgIpc) is 2.39. The van der Waals surface area contributed by atoms with E-state index in [4.69, 9.17) is 5.73 Å². The van der Waals surface area contributed by atoms with Crippen LogP contribution in [0.25, 0.3) is 0 Å². The second kappa shape index (κ2) is 7.95. The molecule has 0 aliphatic rings. The molecule has 106 valence electrons. The summed E-state index contributed by atoms with van der Waals surface area (Å²) in [6, 6.07) is 5.84. The molecule has 1 rings (SSSR count). The van der Waals surface area contributed by atoms with E-state index in [1.807, 2.05) is 32.0 Å². The van der Waals surface area contributed by atoms with Crippen LogP contribution in [-0.4, -0.2) is 19.0 Å². The summed E-state index contributed by atoms with van der Waals surface area (Å²) in [5.41, 5.74) is 8.60. The smallest absolute Gasteiger partial charge is 0.251 e. The van der Waals surface area contributed by atoms with Crippen LogP contribution < -0.4 is 11.1 Å². The second-order valence-corrected chi connectivity index (χ2v) is 5.19. The molecule has 0 spiro atoms. The molecule has 0 aliphatic heterocycles. The van der Waals surface area contributed by atoms with Crippen molar-refractivity contribution in [2.24, 2.45) is 11.7 Å². The number of rotatable bonds is 7. The minimum absolute atomic E-state index is 0.0272. The van der Waals surface area contributed by atoms with Crippen LogP contribution in [0.15, 0.2) is 18.2 Å². The molecule has 19 heavy (non-hydrogen) atoms. The predicted octanol–water partition coefficient (Wildman–Crippen LogP) is 2.80. The topological polar surface area (TPSA) is 55.1 Å². The summed E-state index contributed by atoms with van der Waals surface area (Å²) >= 11 is 0. The Morgan fingerprint density at radius 1 is 1.32 bits per heavy atom. The molecule has 3 nitrogen and oxygen atoms in total. The van der Waals surface area contributed by atoms with Crippen molar-refractivity contribution in [2.75, 3.05) is 13.1 Å². The van der Waals surface area contributed by atoms with Crippen molar-refractivity contribution in [1.29, 1.82) is 0 Å². The molecule has 1 aromatic rings. The Bertz CT molecular complexity index is 409. The van der Waals surface area contributed by atoms with Gasteiger partial charge < -0.3 is 11.1 Å². The van der Waals surface area contributed by atoms with E-state index >= 15 is 0 Å². The van der Waals surface area contributed by atoms with E-state index in [1.165, 1.54) is 0 Å². The number of carbonyl (C=O) groups is 1. The minimum atomic E-state index is 0.0272. The first-order valence-corrected chi connectivity index (χ1v) is 7.14. The third kappa shape index (κ3) is 4.67. The Balaban J connectivity index is 2.61. The van der Waals surface area contributed by atoms with Gasteiger partial charge in [0.25, 0.3) is 5.91 Å². The summed E-state index contributed by atoms with van der Waals surface area (Å²) in [7, 11) is 0. The Morgan fingerprint density at radius 3 is 2.68 bits per heavy atom. The molecule has 0 bridgehead atoms. The van der Waals surface area contributed by atoms with E-state index < -0.39 is 0 Å². The molecule has 0 fully saturated rings. The lowest BCUT2D eigenvalue weighted by molar-refractivity contribution is 0.0945. The lowest BCUT2D eigenvalue weighted by atomic mass is 9.99. The first kappa shape index (κ1) is 15.7. The maximum Gasteiger partial charge on any atom is 0.251 e. The number of hydrogen-bond acceptors (Lipinski definition) is 2. The maximum atomic E-state index is 12.2. The maximum absolute atomic E-state index is 12.2. The molecule has 0 aliphatic carbocycles. The molecule has 0 aromatic heterocycles. The fourth-order valence-corrected chi connectivity index (χ4v) is 2.32. The van der Waals surface area contributed by atoms with Crippen molar-refractivity contribution in [3.05, 3.63) is 34.9 Å². The van der Waals surface area contributed by atoms with Crippen LogP contribution in [0.3, 0.4) is 0 Å². The summed E-state index contributed by atoms with van der Waals surface area (Å²) in [4.78, 5) is 12.2. The molecule has 1 aromatic carbocycles. The van der Waals surface area contributed by atoms with Gasteiger partial charge in [0.15, 0.2) is 0 Å². The molecular weight excluding hydrogens is 236 g/mol. The third-order valence-electron chi connectivity index (χ3n) is 3.67. The van der Waals surface area contributed by atoms with Crippen molar-refractivity contribution >= 4 is 5.91 Å². The van der Waals surface area contributed by atoms with Gasteiger partial charge in [-0.05, 0) is 56.3 Å². The third-order valence-corrected chi connectivity index (χ3v) is 3.67. The largest absolute Gasteiger partial charge is 0.352 e. The van der Waals surface area contributed by atoms with Gasteiger partial charge in [0, 0.05) is 12.1 Å². The van der Waals surface area contributed by atoms with Crippen molar-refractivity contribution in [1.82, 2.24) is 5.32 Å². The van der Waals surface area contributed by atoms with Crippen LogP contribution in [0.1, 0.15) is 47.7 Å². The van der Waals surface area contributed by atoms with Crippen molar-refractivity contribution < 1.29 is 4.79 Å². The molecular formula is C16H26N2O. The van der Waals surface area contributed by atoms with Crippen molar-refractivity contribution in [3.8, 4) is 0 Å². The van der Waals surface area contributed by atoms with E-state index in [0.29, 0.717) is 12.5 Å². The van der Waals surface area contributed by atoms with Crippen LogP contribution in [0.5, 0.6) is 0 Å². The number of aryl methyl sites for hydroxylation is 1. The van der Waals surface area contributed by atoms with E-state index in [2.05, 4.69) is 12.2 Å². The van der Waals surface area contributed by atoms with Gasteiger partial charge in [-0.1, -0.05) is 25.5 Å². The molecule has 0 saturated heterocycles. The number of benzene rings is 1. The summed E-state index contributed by atoms with van der Waals surface area (Å²) in [6.07, 6.45) is 3.22. The highest BCUT2D eigenvalue weighted by molar-refractivity contribution is 5.95. The fourth-order valence-electron chi connectivity index (χ4n) is 2.32. The van der Waals surface area contributed by atoms with Gasteiger partial charge in [0.1, 0.15) is 0 Å². The Labute approximate surface area is 116 Å². The molecule has 0 heterocycles. The molecule has 1 amide bonds. The van der Waals surface area contributed by atoms with E-state index in [1.54, 1.807) is 0 Å². The van der Waals surface area contributed by atoms with Gasteiger partial charge in [-0.25, -0.2) is 0 Å². The summed E-state index contributed by atoms with van der Waals surface area (Å²) in [6.45, 7) is 7.59. The van der Waals surface area contributed by atoms with Gasteiger partial charge in [0.05, 0.1) is 0 Å². The average molecular weight is 262 g/mol. The predicted molar refractivity (Wildman–Crippen MR) is 80.3 cm³/mol. The van der Waals surface area contributed by atoms with E-state index in [9.17, 15) is 4.79 Å². The van der Waals surface area contributed by atoms with Crippen LogP contribution in [-0.2, 0) is 0 Å². The first-order chi connectivity index (χ1) is 9.10. The van der Waals surface area contributed by atoms with Crippen molar-refractivity contribution in [3.63, 3.8) is 0 Å². The lowest BCUT2D eigenvalue weighted by Crippen LogP contribution is -2.30. The zero-order chi connectivity index (χ0) is 14.3. The highest BCUT2D eigenvalue weighted by Crippen LogP contribution is 2.13. The lowest BCUT2D eigenvalue weighted by Gasteiger charge is -2.16.